The van der Waals surface area contributed by atoms with Crippen LogP contribution in [0.3, 0.4) is 0 Å². The van der Waals surface area contributed by atoms with E-state index in [-0.39, 0.29) is 17.8 Å². The molecule has 4 rings (SSSR count). The lowest BCUT2D eigenvalue weighted by atomic mass is 9.70. The van der Waals surface area contributed by atoms with Crippen LogP contribution in [0.2, 0.25) is 0 Å². The Morgan fingerprint density at radius 2 is 2.08 bits per heavy atom. The van der Waals surface area contributed by atoms with Gasteiger partial charge < -0.3 is 14.6 Å². The standard InChI is InChI=1S/C19H26O6/c1-10(2)9-22-13-8-12-11(3)16(20)23-14(12)15-17(4)6-7-19(15,25-24-17)18(13,5)21/h6-7,10,12-15,21H,3,8-9H2,1-2,4-5H3/t12-,13+,14-,15-,17+,18+,19-/m0/s1. The SMILES string of the molecule is C=C1C(=O)O[C@H]2[C@H]1C[C@@H](OCC(C)C)[C@@](C)(O)[C@@]13C=C[C@@](C)(OO1)[C@H]23. The molecule has 2 aliphatic heterocycles. The Labute approximate surface area is 147 Å². The third kappa shape index (κ3) is 2.08. The van der Waals surface area contributed by atoms with Gasteiger partial charge in [0.05, 0.1) is 12.0 Å². The molecule has 6 heteroatoms. The number of esters is 1. The van der Waals surface area contributed by atoms with Crippen molar-refractivity contribution < 1.29 is 29.1 Å². The van der Waals surface area contributed by atoms with Crippen LogP contribution in [0.4, 0.5) is 0 Å². The molecule has 2 saturated heterocycles. The van der Waals surface area contributed by atoms with Crippen LogP contribution in [0, 0.1) is 17.8 Å². The van der Waals surface area contributed by atoms with Gasteiger partial charge in [0, 0.05) is 18.1 Å². The molecule has 1 N–H and O–H groups in total. The second kappa shape index (κ2) is 5.16. The first-order chi connectivity index (χ1) is 11.6. The molecule has 2 aliphatic carbocycles. The first kappa shape index (κ1) is 17.2. The van der Waals surface area contributed by atoms with Crippen molar-refractivity contribution in [2.75, 3.05) is 6.61 Å². The van der Waals surface area contributed by atoms with E-state index >= 15 is 0 Å². The zero-order valence-electron chi connectivity index (χ0n) is 15.2. The first-order valence-electron chi connectivity index (χ1n) is 8.93. The molecule has 2 bridgehead atoms. The first-order valence-corrected chi connectivity index (χ1v) is 8.93. The van der Waals surface area contributed by atoms with E-state index in [4.69, 9.17) is 19.2 Å². The molecular weight excluding hydrogens is 324 g/mol. The second-order valence-electron chi connectivity index (χ2n) is 8.56. The van der Waals surface area contributed by atoms with Crippen LogP contribution < -0.4 is 0 Å². The number of carbonyl (C=O) groups is 1. The predicted octanol–water partition coefficient (Wildman–Crippen LogP) is 1.93. The predicted molar refractivity (Wildman–Crippen MR) is 88.3 cm³/mol. The lowest BCUT2D eigenvalue weighted by Gasteiger charge is -2.43. The smallest absolute Gasteiger partial charge is 0.334 e. The Kier molecular flexibility index (Phi) is 3.55. The van der Waals surface area contributed by atoms with Gasteiger partial charge in [-0.15, -0.1) is 0 Å². The summed E-state index contributed by atoms with van der Waals surface area (Å²) >= 11 is 0. The molecule has 1 saturated carbocycles. The summed E-state index contributed by atoms with van der Waals surface area (Å²) in [5.41, 5.74) is -2.78. The Morgan fingerprint density at radius 3 is 2.68 bits per heavy atom. The van der Waals surface area contributed by atoms with Gasteiger partial charge in [-0.1, -0.05) is 26.5 Å². The van der Waals surface area contributed by atoms with Gasteiger partial charge in [-0.3, -0.25) is 0 Å². The fourth-order valence-corrected chi connectivity index (χ4v) is 4.84. The van der Waals surface area contributed by atoms with Crippen molar-refractivity contribution in [1.29, 1.82) is 0 Å². The molecule has 4 aliphatic rings. The summed E-state index contributed by atoms with van der Waals surface area (Å²) in [6, 6.07) is 0. The number of aliphatic hydroxyl groups is 1. The molecule has 0 aromatic rings. The van der Waals surface area contributed by atoms with E-state index in [1.807, 2.05) is 19.1 Å². The van der Waals surface area contributed by atoms with Crippen molar-refractivity contribution in [2.45, 2.75) is 63.1 Å². The molecule has 25 heavy (non-hydrogen) atoms. The zero-order valence-corrected chi connectivity index (χ0v) is 15.2. The van der Waals surface area contributed by atoms with Crippen LogP contribution in [-0.2, 0) is 24.0 Å². The van der Waals surface area contributed by atoms with Gasteiger partial charge in [0.15, 0.2) is 5.60 Å². The molecule has 0 aromatic carbocycles. The Morgan fingerprint density at radius 1 is 1.36 bits per heavy atom. The monoisotopic (exact) mass is 350 g/mol. The molecule has 2 heterocycles. The minimum atomic E-state index is -1.34. The van der Waals surface area contributed by atoms with E-state index in [2.05, 4.69) is 20.4 Å². The van der Waals surface area contributed by atoms with Crippen molar-refractivity contribution in [3.05, 3.63) is 24.3 Å². The molecule has 138 valence electrons. The van der Waals surface area contributed by atoms with Gasteiger partial charge in [-0.05, 0) is 32.3 Å². The summed E-state index contributed by atoms with van der Waals surface area (Å²) < 4.78 is 11.8. The van der Waals surface area contributed by atoms with Gasteiger partial charge in [0.2, 0.25) is 0 Å². The number of rotatable bonds is 3. The molecule has 0 aromatic heterocycles. The number of carbonyl (C=O) groups excluding carboxylic acids is 1. The van der Waals surface area contributed by atoms with E-state index in [0.29, 0.717) is 24.5 Å². The minimum absolute atomic E-state index is 0.229. The molecule has 6 nitrogen and oxygen atoms in total. The molecule has 0 amide bonds. The van der Waals surface area contributed by atoms with Gasteiger partial charge >= 0.3 is 5.97 Å². The van der Waals surface area contributed by atoms with Gasteiger partial charge in [-0.2, -0.15) is 0 Å². The maximum absolute atomic E-state index is 12.2. The zero-order chi connectivity index (χ0) is 18.2. The van der Waals surface area contributed by atoms with Crippen LogP contribution >= 0.6 is 0 Å². The summed E-state index contributed by atoms with van der Waals surface area (Å²) in [4.78, 5) is 23.5. The summed E-state index contributed by atoms with van der Waals surface area (Å²) in [6.07, 6.45) is 3.21. The number of hydrogen-bond donors (Lipinski definition) is 1. The molecule has 0 radical (unpaired) electrons. The average molecular weight is 350 g/mol. The van der Waals surface area contributed by atoms with Crippen molar-refractivity contribution in [3.63, 3.8) is 0 Å². The van der Waals surface area contributed by atoms with Gasteiger partial charge in [-0.25, -0.2) is 14.6 Å². The summed E-state index contributed by atoms with van der Waals surface area (Å²) in [5, 5.41) is 11.5. The summed E-state index contributed by atoms with van der Waals surface area (Å²) in [7, 11) is 0. The third-order valence-corrected chi connectivity index (χ3v) is 6.30. The van der Waals surface area contributed by atoms with Crippen LogP contribution in [0.1, 0.15) is 34.1 Å². The van der Waals surface area contributed by atoms with E-state index in [0.717, 1.165) is 0 Å². The Bertz CT molecular complexity index is 652. The van der Waals surface area contributed by atoms with E-state index in [1.54, 1.807) is 6.92 Å². The van der Waals surface area contributed by atoms with Crippen LogP contribution in [-0.4, -0.2) is 46.7 Å². The topological polar surface area (TPSA) is 74.2 Å². The Balaban J connectivity index is 1.80. The Hall–Kier alpha value is -1.21. The third-order valence-electron chi connectivity index (χ3n) is 6.30. The molecule has 0 spiro atoms. The molecule has 0 unspecified atom stereocenters. The number of ether oxygens (including phenoxy) is 2. The highest BCUT2D eigenvalue weighted by Gasteiger charge is 2.75. The number of hydrogen-bond acceptors (Lipinski definition) is 6. The fourth-order valence-electron chi connectivity index (χ4n) is 4.84. The molecule has 3 fully saturated rings. The fraction of sp³-hybridized carbons (Fsp3) is 0.737. The maximum atomic E-state index is 12.2. The summed E-state index contributed by atoms with van der Waals surface area (Å²) in [6.45, 7) is 12.2. The van der Waals surface area contributed by atoms with E-state index in [9.17, 15) is 9.90 Å². The highest BCUT2D eigenvalue weighted by molar-refractivity contribution is 5.91. The largest absolute Gasteiger partial charge is 0.458 e. The highest BCUT2D eigenvalue weighted by Crippen LogP contribution is 2.61. The molecule has 7 atom stereocenters. The lowest BCUT2D eigenvalue weighted by Crippen LogP contribution is -2.61. The van der Waals surface area contributed by atoms with E-state index in [1.165, 1.54) is 0 Å². The van der Waals surface area contributed by atoms with Crippen molar-refractivity contribution in [1.82, 2.24) is 0 Å². The maximum Gasteiger partial charge on any atom is 0.334 e. The van der Waals surface area contributed by atoms with Gasteiger partial charge in [0.25, 0.3) is 0 Å². The minimum Gasteiger partial charge on any atom is -0.458 e. The lowest BCUT2D eigenvalue weighted by molar-refractivity contribution is -0.367. The normalized spacial score (nSPS) is 50.8. The van der Waals surface area contributed by atoms with Crippen LogP contribution in [0.15, 0.2) is 24.3 Å². The van der Waals surface area contributed by atoms with Crippen LogP contribution in [0.25, 0.3) is 0 Å². The number of fused-ring (bicyclic) bond motifs is 1. The van der Waals surface area contributed by atoms with Crippen molar-refractivity contribution in [2.24, 2.45) is 17.8 Å². The van der Waals surface area contributed by atoms with Gasteiger partial charge in [0.1, 0.15) is 17.3 Å². The average Bonchev–Trinajstić information content (AvgIpc) is 3.08. The van der Waals surface area contributed by atoms with Crippen molar-refractivity contribution >= 4 is 5.97 Å². The molecular formula is C19H26O6. The highest BCUT2D eigenvalue weighted by atomic mass is 17.2. The second-order valence-corrected chi connectivity index (χ2v) is 8.56. The van der Waals surface area contributed by atoms with Crippen molar-refractivity contribution in [3.8, 4) is 0 Å². The quantitative estimate of drug-likeness (QED) is 0.363. The van der Waals surface area contributed by atoms with Crippen LogP contribution in [0.5, 0.6) is 0 Å². The summed E-state index contributed by atoms with van der Waals surface area (Å²) in [5.74, 6) is -0.648. The van der Waals surface area contributed by atoms with E-state index < -0.39 is 29.0 Å².